The highest BCUT2D eigenvalue weighted by Crippen LogP contribution is 2.39. The molecule has 2 aliphatic rings. The summed E-state index contributed by atoms with van der Waals surface area (Å²) in [6, 6.07) is 15.0. The highest BCUT2D eigenvalue weighted by molar-refractivity contribution is 5.97. The zero-order valence-corrected chi connectivity index (χ0v) is 15.7. The zero-order valence-electron chi connectivity index (χ0n) is 15.7. The topological polar surface area (TPSA) is 58.6 Å². The van der Waals surface area contributed by atoms with E-state index in [2.05, 4.69) is 5.32 Å². The lowest BCUT2D eigenvalue weighted by atomic mass is 9.89. The molecule has 5 nitrogen and oxygen atoms in total. The molecule has 0 saturated carbocycles. The van der Waals surface area contributed by atoms with E-state index in [1.807, 2.05) is 50.2 Å². The van der Waals surface area contributed by atoms with Crippen LogP contribution in [0.5, 0.6) is 5.75 Å². The molecule has 1 fully saturated rings. The van der Waals surface area contributed by atoms with E-state index in [-0.39, 0.29) is 23.5 Å². The van der Waals surface area contributed by atoms with Gasteiger partial charge in [0.2, 0.25) is 5.91 Å². The Kier molecular flexibility index (Phi) is 4.38. The first-order valence-corrected chi connectivity index (χ1v) is 9.42. The maximum atomic E-state index is 12.8. The van der Waals surface area contributed by atoms with Gasteiger partial charge in [-0.25, -0.2) is 0 Å². The summed E-state index contributed by atoms with van der Waals surface area (Å²) in [6.45, 7) is 4.81. The van der Waals surface area contributed by atoms with Gasteiger partial charge in [0.15, 0.2) is 0 Å². The SMILES string of the molecule is CC1(C)CC(NC(=O)c2ccc(N3CCCC3=O)cc2)c2ccccc2O1. The summed E-state index contributed by atoms with van der Waals surface area (Å²) in [4.78, 5) is 26.4. The average Bonchev–Trinajstić information content (AvgIpc) is 3.07. The molecule has 27 heavy (non-hydrogen) atoms. The van der Waals surface area contributed by atoms with Crippen LogP contribution in [-0.4, -0.2) is 24.0 Å². The van der Waals surface area contributed by atoms with E-state index >= 15 is 0 Å². The van der Waals surface area contributed by atoms with Crippen LogP contribution in [0.2, 0.25) is 0 Å². The Morgan fingerprint density at radius 1 is 1.15 bits per heavy atom. The van der Waals surface area contributed by atoms with Crippen LogP contribution in [-0.2, 0) is 4.79 Å². The van der Waals surface area contributed by atoms with Crippen LogP contribution in [0.3, 0.4) is 0 Å². The van der Waals surface area contributed by atoms with Crippen LogP contribution < -0.4 is 15.0 Å². The minimum absolute atomic E-state index is 0.0997. The van der Waals surface area contributed by atoms with Gasteiger partial charge in [0, 0.05) is 36.2 Å². The lowest BCUT2D eigenvalue weighted by Gasteiger charge is -2.37. The number of carbonyl (C=O) groups excluding carboxylic acids is 2. The molecule has 0 aliphatic carbocycles. The van der Waals surface area contributed by atoms with Crippen molar-refractivity contribution in [2.75, 3.05) is 11.4 Å². The van der Waals surface area contributed by atoms with Crippen LogP contribution in [0.15, 0.2) is 48.5 Å². The van der Waals surface area contributed by atoms with Gasteiger partial charge < -0.3 is 15.0 Å². The normalized spacial score (nSPS) is 20.7. The molecule has 1 atom stereocenters. The molecule has 2 amide bonds. The van der Waals surface area contributed by atoms with Crippen LogP contribution in [0, 0.1) is 0 Å². The number of nitrogens with zero attached hydrogens (tertiary/aromatic N) is 1. The number of nitrogens with one attached hydrogen (secondary N) is 1. The monoisotopic (exact) mass is 364 g/mol. The number of anilines is 1. The minimum Gasteiger partial charge on any atom is -0.487 e. The average molecular weight is 364 g/mol. The first kappa shape index (κ1) is 17.6. The number of fused-ring (bicyclic) bond motifs is 1. The second kappa shape index (κ2) is 6.72. The molecule has 2 heterocycles. The van der Waals surface area contributed by atoms with E-state index in [1.54, 1.807) is 17.0 Å². The van der Waals surface area contributed by atoms with Crippen molar-refractivity contribution in [1.29, 1.82) is 0 Å². The van der Waals surface area contributed by atoms with Crippen molar-refractivity contribution in [2.45, 2.75) is 44.8 Å². The van der Waals surface area contributed by atoms with E-state index in [0.717, 1.165) is 30.0 Å². The predicted octanol–water partition coefficient (Wildman–Crippen LogP) is 3.85. The third kappa shape index (κ3) is 3.54. The fourth-order valence-electron chi connectivity index (χ4n) is 3.89. The number of carbonyl (C=O) groups is 2. The molecular weight excluding hydrogens is 340 g/mol. The van der Waals surface area contributed by atoms with Crippen molar-refractivity contribution in [3.8, 4) is 5.75 Å². The van der Waals surface area contributed by atoms with Crippen molar-refractivity contribution in [3.05, 3.63) is 59.7 Å². The van der Waals surface area contributed by atoms with Crippen LogP contribution in [0.25, 0.3) is 0 Å². The number of rotatable bonds is 3. The van der Waals surface area contributed by atoms with E-state index < -0.39 is 0 Å². The largest absolute Gasteiger partial charge is 0.487 e. The molecule has 0 bridgehead atoms. The molecule has 1 saturated heterocycles. The van der Waals surface area contributed by atoms with Crippen molar-refractivity contribution >= 4 is 17.5 Å². The number of benzene rings is 2. The Balaban J connectivity index is 1.51. The van der Waals surface area contributed by atoms with Gasteiger partial charge >= 0.3 is 0 Å². The van der Waals surface area contributed by atoms with Crippen LogP contribution in [0.1, 0.15) is 55.1 Å². The zero-order chi connectivity index (χ0) is 19.0. The molecule has 0 aromatic heterocycles. The lowest BCUT2D eigenvalue weighted by molar-refractivity contribution is -0.117. The van der Waals surface area contributed by atoms with E-state index in [4.69, 9.17) is 4.74 Å². The van der Waals surface area contributed by atoms with Gasteiger partial charge in [0.25, 0.3) is 5.91 Å². The summed E-state index contributed by atoms with van der Waals surface area (Å²) in [5, 5.41) is 3.15. The standard InChI is InChI=1S/C22H24N2O3/c1-22(2)14-18(17-6-3-4-7-19(17)27-22)23-21(26)15-9-11-16(12-10-15)24-13-5-8-20(24)25/h3-4,6-7,9-12,18H,5,8,13-14H2,1-2H3,(H,23,26). The molecule has 1 unspecified atom stereocenters. The van der Waals surface area contributed by atoms with E-state index in [9.17, 15) is 9.59 Å². The molecule has 0 radical (unpaired) electrons. The van der Waals surface area contributed by atoms with Crippen molar-refractivity contribution in [2.24, 2.45) is 0 Å². The molecule has 5 heteroatoms. The highest BCUT2D eigenvalue weighted by Gasteiger charge is 2.34. The number of amides is 2. The van der Waals surface area contributed by atoms with E-state index in [1.165, 1.54) is 0 Å². The van der Waals surface area contributed by atoms with Gasteiger partial charge in [0.1, 0.15) is 11.4 Å². The second-order valence-electron chi connectivity index (χ2n) is 7.83. The molecule has 140 valence electrons. The summed E-state index contributed by atoms with van der Waals surface area (Å²) in [6.07, 6.45) is 2.19. The molecule has 4 rings (SSSR count). The number of ether oxygens (including phenoxy) is 1. The van der Waals surface area contributed by atoms with E-state index in [0.29, 0.717) is 18.4 Å². The summed E-state index contributed by atoms with van der Waals surface area (Å²) >= 11 is 0. The maximum absolute atomic E-state index is 12.8. The molecule has 2 aromatic carbocycles. The van der Waals surface area contributed by atoms with Gasteiger partial charge in [-0.05, 0) is 50.6 Å². The highest BCUT2D eigenvalue weighted by atomic mass is 16.5. The first-order chi connectivity index (χ1) is 12.9. The Morgan fingerprint density at radius 3 is 2.59 bits per heavy atom. The van der Waals surface area contributed by atoms with Crippen molar-refractivity contribution in [3.63, 3.8) is 0 Å². The predicted molar refractivity (Wildman–Crippen MR) is 104 cm³/mol. The fraction of sp³-hybridized carbons (Fsp3) is 0.364. The Morgan fingerprint density at radius 2 is 1.89 bits per heavy atom. The second-order valence-corrected chi connectivity index (χ2v) is 7.83. The maximum Gasteiger partial charge on any atom is 0.251 e. The quantitative estimate of drug-likeness (QED) is 0.900. The minimum atomic E-state index is -0.341. The first-order valence-electron chi connectivity index (χ1n) is 9.42. The van der Waals surface area contributed by atoms with Gasteiger partial charge in [-0.1, -0.05) is 18.2 Å². The van der Waals surface area contributed by atoms with Gasteiger partial charge in [-0.2, -0.15) is 0 Å². The smallest absolute Gasteiger partial charge is 0.251 e. The summed E-state index contributed by atoms with van der Waals surface area (Å²) < 4.78 is 6.03. The number of para-hydroxylation sites is 1. The summed E-state index contributed by atoms with van der Waals surface area (Å²) in [5.41, 5.74) is 2.11. The third-order valence-electron chi connectivity index (χ3n) is 5.20. The number of hydrogen-bond donors (Lipinski definition) is 1. The Hall–Kier alpha value is -2.82. The third-order valence-corrected chi connectivity index (χ3v) is 5.20. The summed E-state index contributed by atoms with van der Waals surface area (Å²) in [7, 11) is 0. The fourth-order valence-corrected chi connectivity index (χ4v) is 3.89. The van der Waals surface area contributed by atoms with Gasteiger partial charge in [-0.3, -0.25) is 9.59 Å². The van der Waals surface area contributed by atoms with Gasteiger partial charge in [-0.15, -0.1) is 0 Å². The molecule has 0 spiro atoms. The number of hydrogen-bond acceptors (Lipinski definition) is 3. The Bertz CT molecular complexity index is 873. The Labute approximate surface area is 159 Å². The van der Waals surface area contributed by atoms with Crippen molar-refractivity contribution in [1.82, 2.24) is 5.32 Å². The summed E-state index contributed by atoms with van der Waals surface area (Å²) in [5.74, 6) is 0.849. The molecule has 2 aliphatic heterocycles. The van der Waals surface area contributed by atoms with Crippen LogP contribution in [0.4, 0.5) is 5.69 Å². The molecular formula is C22H24N2O3. The lowest BCUT2D eigenvalue weighted by Crippen LogP contribution is -2.41. The van der Waals surface area contributed by atoms with Crippen LogP contribution >= 0.6 is 0 Å². The molecule has 1 N–H and O–H groups in total. The van der Waals surface area contributed by atoms with Gasteiger partial charge in [0.05, 0.1) is 6.04 Å². The molecule has 2 aromatic rings. The van der Waals surface area contributed by atoms with Crippen molar-refractivity contribution < 1.29 is 14.3 Å².